The lowest BCUT2D eigenvalue weighted by atomic mass is 10.2. The molecule has 0 atom stereocenters. The highest BCUT2D eigenvalue weighted by Crippen LogP contribution is 2.24. The Morgan fingerprint density at radius 3 is 2.95 bits per heavy atom. The summed E-state index contributed by atoms with van der Waals surface area (Å²) in [5.41, 5.74) is 0.516. The van der Waals surface area contributed by atoms with Crippen LogP contribution in [-0.2, 0) is 6.54 Å². The Hall–Kier alpha value is -1.46. The van der Waals surface area contributed by atoms with Gasteiger partial charge in [0.05, 0.1) is 17.1 Å². The first-order valence-electron chi connectivity index (χ1n) is 5.69. The molecule has 0 aliphatic carbocycles. The van der Waals surface area contributed by atoms with Gasteiger partial charge in [0.1, 0.15) is 5.82 Å². The molecule has 2 aromatic rings. The summed E-state index contributed by atoms with van der Waals surface area (Å²) >= 11 is 7.67. The summed E-state index contributed by atoms with van der Waals surface area (Å²) in [6.45, 7) is 0.422. The molecule has 1 N–H and O–H groups in total. The fraction of sp³-hybridized carbons (Fsp3) is 0.231. The lowest BCUT2D eigenvalue weighted by Crippen LogP contribution is -2.27. The Morgan fingerprint density at radius 1 is 1.53 bits per heavy atom. The van der Waals surface area contributed by atoms with Crippen LogP contribution in [0.15, 0.2) is 35.5 Å². The van der Waals surface area contributed by atoms with Crippen molar-refractivity contribution in [1.82, 2.24) is 14.9 Å². The molecular formula is C13H14ClN3OS. The van der Waals surface area contributed by atoms with E-state index in [1.54, 1.807) is 42.2 Å². The fourth-order valence-electron chi connectivity index (χ4n) is 1.68. The minimum Gasteiger partial charge on any atom is -0.347 e. The van der Waals surface area contributed by atoms with Crippen molar-refractivity contribution in [3.63, 3.8) is 0 Å². The third kappa shape index (κ3) is 3.30. The molecule has 0 saturated heterocycles. The van der Waals surface area contributed by atoms with Crippen molar-refractivity contribution < 1.29 is 4.79 Å². The number of hydrogen-bond acceptors (Lipinski definition) is 3. The van der Waals surface area contributed by atoms with Gasteiger partial charge >= 0.3 is 0 Å². The summed E-state index contributed by atoms with van der Waals surface area (Å²) in [7, 11) is 1.73. The molecule has 2 rings (SSSR count). The van der Waals surface area contributed by atoms with Gasteiger partial charge in [0.25, 0.3) is 5.91 Å². The van der Waals surface area contributed by atoms with Crippen LogP contribution in [-0.4, -0.2) is 34.1 Å². The highest BCUT2D eigenvalue weighted by Gasteiger charge is 2.16. The number of rotatable bonds is 4. The van der Waals surface area contributed by atoms with Crippen LogP contribution >= 0.6 is 23.4 Å². The molecule has 0 aliphatic heterocycles. The lowest BCUT2D eigenvalue weighted by molar-refractivity contribution is 0.0782. The number of benzene rings is 1. The van der Waals surface area contributed by atoms with Gasteiger partial charge in [-0.2, -0.15) is 0 Å². The molecule has 0 saturated carbocycles. The van der Waals surface area contributed by atoms with Crippen molar-refractivity contribution in [1.29, 1.82) is 0 Å². The monoisotopic (exact) mass is 295 g/mol. The van der Waals surface area contributed by atoms with Gasteiger partial charge in [0.2, 0.25) is 0 Å². The van der Waals surface area contributed by atoms with E-state index in [9.17, 15) is 4.79 Å². The predicted molar refractivity (Wildman–Crippen MR) is 77.6 cm³/mol. The molecule has 1 aromatic carbocycles. The van der Waals surface area contributed by atoms with Crippen molar-refractivity contribution >= 4 is 29.3 Å². The van der Waals surface area contributed by atoms with E-state index >= 15 is 0 Å². The number of H-pyrrole nitrogens is 1. The number of thioether (sulfide) groups is 1. The molecular weight excluding hydrogens is 282 g/mol. The van der Waals surface area contributed by atoms with E-state index in [4.69, 9.17) is 11.6 Å². The summed E-state index contributed by atoms with van der Waals surface area (Å²) in [5, 5.41) is 0.467. The van der Waals surface area contributed by atoms with E-state index in [2.05, 4.69) is 9.97 Å². The van der Waals surface area contributed by atoms with E-state index in [1.165, 1.54) is 0 Å². The molecule has 1 amide bonds. The van der Waals surface area contributed by atoms with Gasteiger partial charge in [-0.25, -0.2) is 4.98 Å². The highest BCUT2D eigenvalue weighted by molar-refractivity contribution is 7.98. The van der Waals surface area contributed by atoms with E-state index in [-0.39, 0.29) is 5.91 Å². The van der Waals surface area contributed by atoms with Crippen LogP contribution in [0.5, 0.6) is 0 Å². The number of aromatic amines is 1. The Bertz CT molecular complexity index is 571. The number of carbonyl (C=O) groups excluding carboxylic acids is 1. The second kappa shape index (κ2) is 6.12. The maximum Gasteiger partial charge on any atom is 0.255 e. The van der Waals surface area contributed by atoms with Gasteiger partial charge < -0.3 is 9.88 Å². The molecule has 1 heterocycles. The first kappa shape index (κ1) is 14.0. The average molecular weight is 296 g/mol. The van der Waals surface area contributed by atoms with Crippen LogP contribution in [0.25, 0.3) is 0 Å². The second-order valence-electron chi connectivity index (χ2n) is 4.04. The topological polar surface area (TPSA) is 49.0 Å². The maximum absolute atomic E-state index is 12.4. The van der Waals surface area contributed by atoms with Gasteiger partial charge in [-0.15, -0.1) is 11.8 Å². The molecule has 1 aromatic heterocycles. The molecule has 0 radical (unpaired) electrons. The Labute approximate surface area is 121 Å². The van der Waals surface area contributed by atoms with Crippen molar-refractivity contribution in [2.75, 3.05) is 13.3 Å². The van der Waals surface area contributed by atoms with Crippen LogP contribution in [0.4, 0.5) is 0 Å². The van der Waals surface area contributed by atoms with Gasteiger partial charge in [0, 0.05) is 24.3 Å². The summed E-state index contributed by atoms with van der Waals surface area (Å²) in [4.78, 5) is 22.0. The predicted octanol–water partition coefficient (Wildman–Crippen LogP) is 3.06. The Kier molecular flexibility index (Phi) is 4.50. The zero-order chi connectivity index (χ0) is 13.8. The quantitative estimate of drug-likeness (QED) is 0.882. The third-order valence-electron chi connectivity index (χ3n) is 2.69. The Morgan fingerprint density at radius 2 is 2.32 bits per heavy atom. The molecule has 6 heteroatoms. The maximum atomic E-state index is 12.4. The number of aromatic nitrogens is 2. The van der Waals surface area contributed by atoms with E-state index in [1.807, 2.05) is 18.4 Å². The van der Waals surface area contributed by atoms with Gasteiger partial charge in [-0.1, -0.05) is 11.6 Å². The van der Waals surface area contributed by atoms with Crippen LogP contribution in [0.2, 0.25) is 5.02 Å². The first-order valence-corrected chi connectivity index (χ1v) is 7.29. The molecule has 4 nitrogen and oxygen atoms in total. The van der Waals surface area contributed by atoms with Crippen LogP contribution in [0.3, 0.4) is 0 Å². The summed E-state index contributed by atoms with van der Waals surface area (Å²) in [5.74, 6) is 0.630. The molecule has 0 fully saturated rings. The van der Waals surface area contributed by atoms with E-state index in [0.29, 0.717) is 17.1 Å². The highest BCUT2D eigenvalue weighted by atomic mass is 35.5. The van der Waals surface area contributed by atoms with Gasteiger partial charge in [0.15, 0.2) is 0 Å². The summed E-state index contributed by atoms with van der Waals surface area (Å²) in [6, 6.07) is 5.46. The van der Waals surface area contributed by atoms with Crippen LogP contribution in [0, 0.1) is 0 Å². The zero-order valence-electron chi connectivity index (χ0n) is 10.7. The molecule has 0 spiro atoms. The van der Waals surface area contributed by atoms with Crippen molar-refractivity contribution in [3.05, 3.63) is 47.0 Å². The lowest BCUT2D eigenvalue weighted by Gasteiger charge is -2.17. The molecule has 100 valence electrons. The van der Waals surface area contributed by atoms with Crippen LogP contribution < -0.4 is 0 Å². The van der Waals surface area contributed by atoms with Gasteiger partial charge in [-0.05, 0) is 24.5 Å². The SMILES string of the molecule is CSc1ccc(Cl)c(C(=O)N(C)Cc2ncc[nH]2)c1. The number of hydrogen-bond donors (Lipinski definition) is 1. The second-order valence-corrected chi connectivity index (χ2v) is 5.33. The average Bonchev–Trinajstić information content (AvgIpc) is 2.91. The number of carbonyl (C=O) groups is 1. The number of amides is 1. The molecule has 0 bridgehead atoms. The largest absolute Gasteiger partial charge is 0.347 e. The Balaban J connectivity index is 2.18. The van der Waals surface area contributed by atoms with E-state index < -0.39 is 0 Å². The number of halogens is 1. The standard InChI is InChI=1S/C13H14ClN3OS/c1-17(8-12-15-5-6-16-12)13(18)10-7-9(19-2)3-4-11(10)14/h3-7H,8H2,1-2H3,(H,15,16). The summed E-state index contributed by atoms with van der Waals surface area (Å²) < 4.78 is 0. The van der Waals surface area contributed by atoms with Crippen molar-refractivity contribution in [3.8, 4) is 0 Å². The molecule has 0 unspecified atom stereocenters. The summed E-state index contributed by atoms with van der Waals surface area (Å²) in [6.07, 6.45) is 5.36. The van der Waals surface area contributed by atoms with Gasteiger partial charge in [-0.3, -0.25) is 4.79 Å². The fourth-order valence-corrected chi connectivity index (χ4v) is 2.32. The normalized spacial score (nSPS) is 10.5. The molecule has 19 heavy (non-hydrogen) atoms. The van der Waals surface area contributed by atoms with Crippen molar-refractivity contribution in [2.24, 2.45) is 0 Å². The minimum absolute atomic E-state index is 0.114. The minimum atomic E-state index is -0.114. The van der Waals surface area contributed by atoms with Crippen molar-refractivity contribution in [2.45, 2.75) is 11.4 Å². The smallest absolute Gasteiger partial charge is 0.255 e. The number of nitrogens with zero attached hydrogens (tertiary/aromatic N) is 2. The number of nitrogens with one attached hydrogen (secondary N) is 1. The zero-order valence-corrected chi connectivity index (χ0v) is 12.3. The van der Waals surface area contributed by atoms with Crippen LogP contribution in [0.1, 0.15) is 16.2 Å². The molecule has 0 aliphatic rings. The first-order chi connectivity index (χ1) is 9.11. The number of imidazole rings is 1. The third-order valence-corrected chi connectivity index (χ3v) is 3.75. The van der Waals surface area contributed by atoms with E-state index in [0.717, 1.165) is 10.7 Å².